The van der Waals surface area contributed by atoms with Crippen molar-refractivity contribution in [2.24, 2.45) is 0 Å². The van der Waals surface area contributed by atoms with E-state index >= 15 is 0 Å². The fourth-order valence-electron chi connectivity index (χ4n) is 2.70. The van der Waals surface area contributed by atoms with E-state index in [1.165, 1.54) is 0 Å². The van der Waals surface area contributed by atoms with E-state index in [0.717, 1.165) is 22.3 Å². The summed E-state index contributed by atoms with van der Waals surface area (Å²) in [4.78, 5) is 0. The van der Waals surface area contributed by atoms with E-state index in [9.17, 15) is 10.5 Å². The molecular weight excluding hydrogens is 308 g/mol. The Balaban J connectivity index is 2.51. The summed E-state index contributed by atoms with van der Waals surface area (Å²) < 4.78 is 6.25. The first-order chi connectivity index (χ1) is 12.0. The van der Waals surface area contributed by atoms with E-state index in [2.05, 4.69) is 25.3 Å². The first kappa shape index (κ1) is 18.2. The van der Waals surface area contributed by atoms with E-state index in [0.29, 0.717) is 11.1 Å². The highest BCUT2D eigenvalue weighted by Gasteiger charge is 2.26. The van der Waals surface area contributed by atoms with Gasteiger partial charge in [-0.15, -0.1) is 0 Å². The zero-order valence-electron chi connectivity index (χ0n) is 14.5. The molecule has 0 radical (unpaired) electrons. The van der Waals surface area contributed by atoms with E-state index in [1.807, 2.05) is 62.4 Å². The summed E-state index contributed by atoms with van der Waals surface area (Å²) in [6.45, 7) is 11.6. The Hall–Kier alpha value is -3.14. The van der Waals surface area contributed by atoms with Crippen LogP contribution >= 0.6 is 0 Å². The van der Waals surface area contributed by atoms with Gasteiger partial charge in [-0.1, -0.05) is 61.7 Å². The molecule has 3 heteroatoms. The molecule has 0 unspecified atom stereocenters. The van der Waals surface area contributed by atoms with Gasteiger partial charge in [0.15, 0.2) is 0 Å². The summed E-state index contributed by atoms with van der Waals surface area (Å²) in [6.07, 6.45) is -1.28. The van der Waals surface area contributed by atoms with Crippen molar-refractivity contribution in [3.8, 4) is 12.1 Å². The molecule has 0 aliphatic rings. The average Bonchev–Trinajstić information content (AvgIpc) is 2.63. The Labute approximate surface area is 149 Å². The van der Waals surface area contributed by atoms with Crippen LogP contribution in [0.1, 0.15) is 34.5 Å². The van der Waals surface area contributed by atoms with Crippen molar-refractivity contribution in [1.29, 1.82) is 10.5 Å². The number of benzene rings is 2. The largest absolute Gasteiger partial charge is 0.355 e. The molecule has 0 aliphatic carbocycles. The van der Waals surface area contributed by atoms with Crippen molar-refractivity contribution in [2.45, 2.75) is 26.1 Å². The van der Waals surface area contributed by atoms with Crippen molar-refractivity contribution >= 4 is 0 Å². The lowest BCUT2D eigenvalue weighted by Crippen LogP contribution is -2.15. The first-order valence-corrected chi connectivity index (χ1v) is 7.94. The van der Waals surface area contributed by atoms with Gasteiger partial charge >= 0.3 is 0 Å². The van der Waals surface area contributed by atoms with E-state index < -0.39 is 12.2 Å². The minimum absolute atomic E-state index is 0.290. The number of rotatable bonds is 6. The van der Waals surface area contributed by atoms with Crippen molar-refractivity contribution in [3.63, 3.8) is 0 Å². The van der Waals surface area contributed by atoms with Gasteiger partial charge in [-0.25, -0.2) is 0 Å². The van der Waals surface area contributed by atoms with Crippen LogP contribution in [0.25, 0.3) is 0 Å². The van der Waals surface area contributed by atoms with Crippen LogP contribution in [0.4, 0.5) is 0 Å². The number of ether oxygens (including phenoxy) is 1. The Kier molecular flexibility index (Phi) is 5.90. The lowest BCUT2D eigenvalue weighted by atomic mass is 9.95. The highest BCUT2D eigenvalue weighted by Crippen LogP contribution is 2.36. The Morgan fingerprint density at radius 2 is 1.16 bits per heavy atom. The smallest absolute Gasteiger partial charge is 0.118 e. The molecule has 0 heterocycles. The maximum absolute atomic E-state index is 9.37. The van der Waals surface area contributed by atoms with Gasteiger partial charge < -0.3 is 4.74 Å². The van der Waals surface area contributed by atoms with Crippen molar-refractivity contribution in [1.82, 2.24) is 0 Å². The molecule has 0 saturated carbocycles. The molecule has 0 aromatic heterocycles. The van der Waals surface area contributed by atoms with Gasteiger partial charge in [0.25, 0.3) is 0 Å². The SMILES string of the molecule is C=C(C#N)[C@H](O[C@@H](C(=C)C#N)c1ccccc1C)c1ccccc1C. The lowest BCUT2D eigenvalue weighted by Gasteiger charge is -2.26. The lowest BCUT2D eigenvalue weighted by molar-refractivity contribution is 0.0308. The summed E-state index contributed by atoms with van der Waals surface area (Å²) in [5, 5.41) is 18.7. The van der Waals surface area contributed by atoms with Crippen molar-refractivity contribution in [3.05, 3.63) is 95.1 Å². The average molecular weight is 328 g/mol. The van der Waals surface area contributed by atoms with Gasteiger partial charge in [0, 0.05) is 0 Å². The zero-order chi connectivity index (χ0) is 18.4. The van der Waals surface area contributed by atoms with Gasteiger partial charge in [0.2, 0.25) is 0 Å². The van der Waals surface area contributed by atoms with Crippen LogP contribution in [-0.4, -0.2) is 0 Å². The number of nitrogens with zero attached hydrogens (tertiary/aromatic N) is 2. The van der Waals surface area contributed by atoms with Crippen LogP contribution < -0.4 is 0 Å². The summed E-state index contributed by atoms with van der Waals surface area (Å²) in [5.74, 6) is 0. The molecule has 0 saturated heterocycles. The molecule has 0 fully saturated rings. The Bertz CT molecular complexity index is 810. The summed E-state index contributed by atoms with van der Waals surface area (Å²) in [7, 11) is 0. The second-order valence-corrected chi connectivity index (χ2v) is 5.88. The maximum atomic E-state index is 9.37. The zero-order valence-corrected chi connectivity index (χ0v) is 14.5. The molecule has 25 heavy (non-hydrogen) atoms. The molecule has 2 rings (SSSR count). The van der Waals surface area contributed by atoms with Crippen LogP contribution in [0.15, 0.2) is 72.8 Å². The second-order valence-electron chi connectivity index (χ2n) is 5.88. The molecule has 124 valence electrons. The summed E-state index contributed by atoms with van der Waals surface area (Å²) in [5.41, 5.74) is 4.29. The Morgan fingerprint density at radius 1 is 0.800 bits per heavy atom. The second kappa shape index (κ2) is 8.11. The van der Waals surface area contributed by atoms with Gasteiger partial charge in [-0.2, -0.15) is 10.5 Å². The minimum Gasteiger partial charge on any atom is -0.355 e. The highest BCUT2D eigenvalue weighted by atomic mass is 16.5. The first-order valence-electron chi connectivity index (χ1n) is 7.94. The summed E-state index contributed by atoms with van der Waals surface area (Å²) >= 11 is 0. The van der Waals surface area contributed by atoms with Crippen LogP contribution in [0.3, 0.4) is 0 Å². The number of hydrogen-bond acceptors (Lipinski definition) is 3. The summed E-state index contributed by atoms with van der Waals surface area (Å²) in [6, 6.07) is 19.6. The Morgan fingerprint density at radius 3 is 1.48 bits per heavy atom. The molecule has 0 spiro atoms. The molecule has 0 N–H and O–H groups in total. The topological polar surface area (TPSA) is 56.8 Å². The molecular formula is C22H20N2O. The third-order valence-electron chi connectivity index (χ3n) is 4.13. The van der Waals surface area contributed by atoms with Gasteiger partial charge in [-0.05, 0) is 36.1 Å². The number of aryl methyl sites for hydroxylation is 2. The van der Waals surface area contributed by atoms with E-state index in [-0.39, 0.29) is 0 Å². The van der Waals surface area contributed by atoms with E-state index in [1.54, 1.807) is 0 Å². The van der Waals surface area contributed by atoms with Crippen LogP contribution in [0.2, 0.25) is 0 Å². The fraction of sp³-hybridized carbons (Fsp3) is 0.182. The number of hydrogen-bond donors (Lipinski definition) is 0. The third-order valence-corrected chi connectivity index (χ3v) is 4.13. The standard InChI is InChI=1S/C22H20N2O/c1-15-9-5-7-11-19(15)21(17(3)13-23)25-22(18(4)14-24)20-12-8-6-10-16(20)2/h5-12,21-22H,3-4H2,1-2H3/t21-,22-/m0/s1. The monoisotopic (exact) mass is 328 g/mol. The van der Waals surface area contributed by atoms with Crippen LogP contribution in [0, 0.1) is 36.5 Å². The fourth-order valence-corrected chi connectivity index (χ4v) is 2.70. The van der Waals surface area contributed by atoms with Gasteiger partial charge in [0.1, 0.15) is 12.2 Å². The molecule has 0 bridgehead atoms. The van der Waals surface area contributed by atoms with Crippen molar-refractivity contribution < 1.29 is 4.74 Å². The quantitative estimate of drug-likeness (QED) is 0.679. The van der Waals surface area contributed by atoms with Gasteiger partial charge in [0.05, 0.1) is 23.3 Å². The van der Waals surface area contributed by atoms with Gasteiger partial charge in [-0.3, -0.25) is 0 Å². The van der Waals surface area contributed by atoms with Crippen molar-refractivity contribution in [2.75, 3.05) is 0 Å². The molecule has 0 amide bonds. The molecule has 3 nitrogen and oxygen atoms in total. The van der Waals surface area contributed by atoms with Crippen LogP contribution in [-0.2, 0) is 4.74 Å². The normalized spacial score (nSPS) is 12.5. The molecule has 2 aromatic carbocycles. The maximum Gasteiger partial charge on any atom is 0.118 e. The van der Waals surface area contributed by atoms with E-state index in [4.69, 9.17) is 4.74 Å². The predicted molar refractivity (Wildman–Crippen MR) is 98.4 cm³/mol. The highest BCUT2D eigenvalue weighted by molar-refractivity contribution is 5.40. The third kappa shape index (κ3) is 4.04. The predicted octanol–water partition coefficient (Wildman–Crippen LogP) is 5.26. The molecule has 0 aliphatic heterocycles. The molecule has 2 atom stereocenters. The molecule has 2 aromatic rings. The van der Waals surface area contributed by atoms with Crippen LogP contribution in [0.5, 0.6) is 0 Å². The minimum atomic E-state index is -0.638. The number of nitriles is 2.